The van der Waals surface area contributed by atoms with Crippen LogP contribution in [0.4, 0.5) is 4.79 Å². The van der Waals surface area contributed by atoms with Crippen molar-refractivity contribution in [1.29, 1.82) is 0 Å². The van der Waals surface area contributed by atoms with Crippen molar-refractivity contribution in [2.75, 3.05) is 13.2 Å². The number of hydrogen-bond acceptors (Lipinski definition) is 7. The molecule has 1 aliphatic carbocycles. The van der Waals surface area contributed by atoms with Crippen molar-refractivity contribution >= 4 is 35.4 Å². The number of ketones is 1. The summed E-state index contributed by atoms with van der Waals surface area (Å²) in [5.74, 6) is -1.24. The lowest BCUT2D eigenvalue weighted by Crippen LogP contribution is -2.38. The fraction of sp³-hybridized carbons (Fsp3) is 0.469. The Morgan fingerprint density at radius 3 is 1.64 bits per heavy atom. The van der Waals surface area contributed by atoms with E-state index in [1.165, 1.54) is 62.5 Å². The van der Waals surface area contributed by atoms with E-state index in [9.17, 15) is 19.2 Å². The molecule has 1 amide bonds. The SMILES string of the molecule is Cc1ccc(C(OC(=O)[C@H](CCCCNC(=O)OCC2c3ccccc3-c3ccccc32)CC(=O)CCCCCCCCCCCCCCCCC(=O)OC(C)(C)C)(c2ccccc2)c2ccccc2Cl)cc1. The first-order valence-corrected chi connectivity index (χ1v) is 27.7. The number of amides is 1. The van der Waals surface area contributed by atoms with E-state index in [4.69, 9.17) is 25.8 Å². The lowest BCUT2D eigenvalue weighted by atomic mass is 9.79. The first-order valence-electron chi connectivity index (χ1n) is 27.3. The average molecular weight is 1010 g/mol. The molecule has 73 heavy (non-hydrogen) atoms. The van der Waals surface area contributed by atoms with Crippen LogP contribution >= 0.6 is 11.6 Å². The van der Waals surface area contributed by atoms with Gasteiger partial charge in [0.25, 0.3) is 0 Å². The lowest BCUT2D eigenvalue weighted by molar-refractivity contribution is -0.160. The Labute approximate surface area is 441 Å². The molecule has 0 heterocycles. The fourth-order valence-electron chi connectivity index (χ4n) is 10.2. The Morgan fingerprint density at radius 1 is 0.562 bits per heavy atom. The highest BCUT2D eigenvalue weighted by atomic mass is 35.5. The highest BCUT2D eigenvalue weighted by Gasteiger charge is 2.43. The van der Waals surface area contributed by atoms with E-state index in [0.717, 1.165) is 66.3 Å². The zero-order chi connectivity index (χ0) is 51.9. The fourth-order valence-corrected chi connectivity index (χ4v) is 10.5. The van der Waals surface area contributed by atoms with E-state index in [-0.39, 0.29) is 30.7 Å². The van der Waals surface area contributed by atoms with Gasteiger partial charge in [0.15, 0.2) is 5.60 Å². The third-order valence-electron chi connectivity index (χ3n) is 14.1. The molecule has 0 saturated carbocycles. The number of unbranched alkanes of at least 4 members (excludes halogenated alkanes) is 14. The van der Waals surface area contributed by atoms with Crippen molar-refractivity contribution in [1.82, 2.24) is 5.32 Å². The van der Waals surface area contributed by atoms with Gasteiger partial charge in [-0.2, -0.15) is 0 Å². The van der Waals surface area contributed by atoms with Gasteiger partial charge in [0.2, 0.25) is 0 Å². The Hall–Kier alpha value is -5.73. The van der Waals surface area contributed by atoms with Crippen LogP contribution in [0.3, 0.4) is 0 Å². The molecule has 1 unspecified atom stereocenters. The number of aryl methyl sites for hydroxylation is 1. The third kappa shape index (κ3) is 17.4. The van der Waals surface area contributed by atoms with Crippen LogP contribution in [0.15, 0.2) is 127 Å². The molecule has 8 nitrogen and oxygen atoms in total. The van der Waals surface area contributed by atoms with E-state index >= 15 is 0 Å². The number of carbonyl (C=O) groups excluding carboxylic acids is 4. The molecule has 390 valence electrons. The maximum absolute atomic E-state index is 14.9. The van der Waals surface area contributed by atoms with Crippen LogP contribution in [-0.2, 0) is 34.2 Å². The minimum Gasteiger partial charge on any atom is -0.460 e. The van der Waals surface area contributed by atoms with Crippen molar-refractivity contribution in [2.24, 2.45) is 5.92 Å². The second-order valence-corrected chi connectivity index (χ2v) is 21.4. The number of nitrogens with one attached hydrogen (secondary N) is 1. The molecule has 1 N–H and O–H groups in total. The molecule has 0 fully saturated rings. The van der Waals surface area contributed by atoms with Gasteiger partial charge in [0, 0.05) is 53.4 Å². The van der Waals surface area contributed by atoms with Crippen LogP contribution in [-0.4, -0.2) is 42.6 Å². The number of ether oxygens (including phenoxy) is 3. The van der Waals surface area contributed by atoms with Gasteiger partial charge < -0.3 is 19.5 Å². The standard InChI is InChI=1S/C64H80ClNO7/c1-48-41-43-51(44-42-48)64(50-31-18-17-19-32-50,58-38-26-27-39-59(58)65)73-61(69)49(30-28-29-45-66-62(70)71-47-57-55-36-24-22-34-53(55)54-35-23-25-37-56(54)57)46-52(67)33-20-15-13-11-9-7-5-6-8-10-12-14-16-21-40-60(68)72-63(2,3)4/h17-19,22-27,31-32,34-39,41-44,49,57H,5-16,20-21,28-30,33,40,45-47H2,1-4H3,(H,66,70)/t49-,64?/m1/s1. The number of alkyl carbamates (subject to hydrolysis) is 1. The van der Waals surface area contributed by atoms with E-state index in [1.807, 2.05) is 131 Å². The summed E-state index contributed by atoms with van der Waals surface area (Å²) in [6.07, 6.45) is 18.0. The van der Waals surface area contributed by atoms with Gasteiger partial charge in [-0.3, -0.25) is 14.4 Å². The molecular formula is C64H80ClNO7. The summed E-state index contributed by atoms with van der Waals surface area (Å²) in [6.45, 7) is 8.34. The van der Waals surface area contributed by atoms with Crippen LogP contribution in [0.5, 0.6) is 0 Å². The van der Waals surface area contributed by atoms with Crippen molar-refractivity contribution in [3.63, 3.8) is 0 Å². The number of benzene rings is 5. The third-order valence-corrected chi connectivity index (χ3v) is 14.4. The molecule has 6 rings (SSSR count). The van der Waals surface area contributed by atoms with Crippen LogP contribution in [0.25, 0.3) is 11.1 Å². The van der Waals surface area contributed by atoms with Gasteiger partial charge in [-0.05, 0) is 81.7 Å². The predicted molar refractivity (Wildman–Crippen MR) is 295 cm³/mol. The minimum atomic E-state index is -1.39. The highest BCUT2D eigenvalue weighted by molar-refractivity contribution is 6.31. The number of hydrogen-bond donors (Lipinski definition) is 1. The number of esters is 2. The number of halogens is 1. The molecule has 5 aromatic carbocycles. The van der Waals surface area contributed by atoms with E-state index < -0.39 is 29.2 Å². The Morgan fingerprint density at radius 2 is 1.07 bits per heavy atom. The maximum atomic E-state index is 14.9. The normalized spacial score (nSPS) is 13.3. The van der Waals surface area contributed by atoms with Crippen molar-refractivity contribution in [3.8, 4) is 11.1 Å². The summed E-state index contributed by atoms with van der Waals surface area (Å²) < 4.78 is 18.1. The van der Waals surface area contributed by atoms with Crippen molar-refractivity contribution < 1.29 is 33.4 Å². The van der Waals surface area contributed by atoms with E-state index in [0.29, 0.717) is 49.2 Å². The molecular weight excluding hydrogens is 930 g/mol. The second-order valence-electron chi connectivity index (χ2n) is 21.0. The second kappa shape index (κ2) is 29.2. The van der Waals surface area contributed by atoms with Crippen LogP contribution < -0.4 is 5.32 Å². The molecule has 0 aromatic heterocycles. The van der Waals surface area contributed by atoms with Crippen LogP contribution in [0, 0.1) is 12.8 Å². The van der Waals surface area contributed by atoms with E-state index in [2.05, 4.69) is 29.6 Å². The van der Waals surface area contributed by atoms with Gasteiger partial charge in [-0.1, -0.05) is 222 Å². The van der Waals surface area contributed by atoms with Crippen molar-refractivity contribution in [2.45, 2.75) is 173 Å². The van der Waals surface area contributed by atoms with Crippen molar-refractivity contribution in [3.05, 3.63) is 166 Å². The summed E-state index contributed by atoms with van der Waals surface area (Å²) in [6, 6.07) is 41.7. The number of Topliss-reactive ketones (excluding diaryl/α,β-unsaturated/α-hetero) is 1. The van der Waals surface area contributed by atoms with Gasteiger partial charge >= 0.3 is 18.0 Å². The largest absolute Gasteiger partial charge is 0.460 e. The molecule has 0 saturated heterocycles. The molecule has 1 aliphatic rings. The molecule has 9 heteroatoms. The van der Waals surface area contributed by atoms with Crippen LogP contribution in [0.1, 0.15) is 188 Å². The zero-order valence-corrected chi connectivity index (χ0v) is 44.8. The average Bonchev–Trinajstić information content (AvgIpc) is 3.70. The molecule has 0 spiro atoms. The van der Waals surface area contributed by atoms with E-state index in [1.54, 1.807) is 0 Å². The molecule has 5 aromatic rings. The Kier molecular flexibility index (Phi) is 22.7. The summed E-state index contributed by atoms with van der Waals surface area (Å²) in [5.41, 5.74) is 6.07. The first kappa shape index (κ1) is 56.6. The lowest BCUT2D eigenvalue weighted by Gasteiger charge is -2.37. The molecule has 0 aliphatic heterocycles. The first-order chi connectivity index (χ1) is 35.4. The molecule has 2 atom stereocenters. The summed E-state index contributed by atoms with van der Waals surface area (Å²) in [5, 5.41) is 3.38. The summed E-state index contributed by atoms with van der Waals surface area (Å²) >= 11 is 7.01. The summed E-state index contributed by atoms with van der Waals surface area (Å²) in [4.78, 5) is 53.6. The smallest absolute Gasteiger partial charge is 0.407 e. The van der Waals surface area contributed by atoms with Gasteiger partial charge in [-0.15, -0.1) is 0 Å². The number of carbonyl (C=O) groups is 4. The van der Waals surface area contributed by atoms with Gasteiger partial charge in [-0.25, -0.2) is 4.79 Å². The highest BCUT2D eigenvalue weighted by Crippen LogP contribution is 2.46. The quantitative estimate of drug-likeness (QED) is 0.0204. The topological polar surface area (TPSA) is 108 Å². The number of fused-ring (bicyclic) bond motifs is 3. The Balaban J connectivity index is 0.989. The van der Waals surface area contributed by atoms with Gasteiger partial charge in [0.05, 0.1) is 5.92 Å². The minimum absolute atomic E-state index is 0.0328. The molecule has 0 radical (unpaired) electrons. The predicted octanol–water partition coefficient (Wildman–Crippen LogP) is 16.4. The maximum Gasteiger partial charge on any atom is 0.407 e. The Bertz CT molecular complexity index is 2450. The number of rotatable bonds is 31. The molecule has 0 bridgehead atoms. The zero-order valence-electron chi connectivity index (χ0n) is 44.1. The monoisotopic (exact) mass is 1010 g/mol. The van der Waals surface area contributed by atoms with Crippen LogP contribution in [0.2, 0.25) is 5.02 Å². The summed E-state index contributed by atoms with van der Waals surface area (Å²) in [7, 11) is 0. The van der Waals surface area contributed by atoms with Gasteiger partial charge in [0.1, 0.15) is 18.0 Å².